The van der Waals surface area contributed by atoms with Gasteiger partial charge in [0.25, 0.3) is 0 Å². The van der Waals surface area contributed by atoms with Crippen LogP contribution >= 0.6 is 0 Å². The van der Waals surface area contributed by atoms with E-state index in [-0.39, 0.29) is 0 Å². The molecular formula is C11H20N6. The lowest BCUT2D eigenvalue weighted by Crippen LogP contribution is -2.29. The van der Waals surface area contributed by atoms with E-state index in [1.54, 1.807) is 0 Å². The topological polar surface area (TPSA) is 64.9 Å². The van der Waals surface area contributed by atoms with Gasteiger partial charge in [-0.15, -0.1) is 0 Å². The molecule has 0 aromatic carbocycles. The van der Waals surface area contributed by atoms with Crippen LogP contribution in [-0.2, 0) is 13.6 Å². The van der Waals surface area contributed by atoms with Crippen LogP contribution in [-0.4, -0.2) is 44.4 Å². The Morgan fingerprint density at radius 3 is 2.65 bits per heavy atom. The van der Waals surface area contributed by atoms with Crippen LogP contribution in [0.25, 0.3) is 11.2 Å². The minimum atomic E-state index is 0.393. The third kappa shape index (κ3) is 1.88. The first kappa shape index (κ1) is 11.9. The molecule has 2 rings (SSSR count). The summed E-state index contributed by atoms with van der Waals surface area (Å²) in [5.41, 5.74) is 8.79. The molecule has 2 aromatic rings. The van der Waals surface area contributed by atoms with Crippen LogP contribution in [0, 0.1) is 6.92 Å². The van der Waals surface area contributed by atoms with Gasteiger partial charge in [0, 0.05) is 19.6 Å². The van der Waals surface area contributed by atoms with Crippen LogP contribution in [0.2, 0.25) is 0 Å². The minimum absolute atomic E-state index is 0.393. The third-order valence-corrected chi connectivity index (χ3v) is 3.25. The van der Waals surface area contributed by atoms with Crippen molar-refractivity contribution in [3.8, 4) is 0 Å². The number of aromatic nitrogens is 4. The zero-order valence-electron chi connectivity index (χ0n) is 11.1. The number of imidazole rings is 1. The molecule has 1 unspecified atom stereocenters. The minimum Gasteiger partial charge on any atom is -0.369 e. The standard InChI is InChI=1S/C11H20N6/c1-7(15(3)4)6-17-10-9(13-11(17)12)8(2)14-16(10)5/h7H,6H2,1-5H3,(H2,12,13). The summed E-state index contributed by atoms with van der Waals surface area (Å²) in [6.07, 6.45) is 0. The van der Waals surface area contributed by atoms with Crippen molar-refractivity contribution in [2.75, 3.05) is 19.8 Å². The largest absolute Gasteiger partial charge is 0.369 e. The summed E-state index contributed by atoms with van der Waals surface area (Å²) in [6, 6.07) is 0.393. The van der Waals surface area contributed by atoms with E-state index in [4.69, 9.17) is 5.73 Å². The van der Waals surface area contributed by atoms with E-state index in [9.17, 15) is 0 Å². The number of aryl methyl sites for hydroxylation is 2. The molecule has 0 aliphatic rings. The first-order chi connectivity index (χ1) is 7.91. The molecule has 6 nitrogen and oxygen atoms in total. The monoisotopic (exact) mass is 236 g/mol. The van der Waals surface area contributed by atoms with E-state index in [2.05, 4.69) is 36.0 Å². The van der Waals surface area contributed by atoms with Crippen molar-refractivity contribution in [2.24, 2.45) is 7.05 Å². The number of nitrogens with two attached hydrogens (primary N) is 1. The smallest absolute Gasteiger partial charge is 0.202 e. The van der Waals surface area contributed by atoms with Gasteiger partial charge in [-0.25, -0.2) is 4.98 Å². The highest BCUT2D eigenvalue weighted by atomic mass is 15.4. The molecule has 0 spiro atoms. The second kappa shape index (κ2) is 4.03. The van der Waals surface area contributed by atoms with Crippen molar-refractivity contribution in [1.29, 1.82) is 0 Å². The maximum absolute atomic E-state index is 5.98. The summed E-state index contributed by atoms with van der Waals surface area (Å²) in [4.78, 5) is 6.55. The predicted molar refractivity (Wildman–Crippen MR) is 68.8 cm³/mol. The number of hydrogen-bond donors (Lipinski definition) is 1. The maximum atomic E-state index is 5.98. The van der Waals surface area contributed by atoms with Crippen LogP contribution in [0.5, 0.6) is 0 Å². The van der Waals surface area contributed by atoms with Crippen LogP contribution < -0.4 is 5.73 Å². The van der Waals surface area contributed by atoms with Crippen molar-refractivity contribution in [2.45, 2.75) is 26.4 Å². The summed E-state index contributed by atoms with van der Waals surface area (Å²) in [6.45, 7) is 4.93. The summed E-state index contributed by atoms with van der Waals surface area (Å²) in [5, 5.41) is 4.37. The van der Waals surface area contributed by atoms with Crippen LogP contribution in [0.3, 0.4) is 0 Å². The first-order valence-electron chi connectivity index (χ1n) is 5.73. The number of hydrogen-bond acceptors (Lipinski definition) is 4. The highest BCUT2D eigenvalue weighted by Crippen LogP contribution is 2.20. The Hall–Kier alpha value is -1.56. The van der Waals surface area contributed by atoms with Gasteiger partial charge in [0.05, 0.1) is 5.69 Å². The van der Waals surface area contributed by atoms with Crippen LogP contribution in [0.1, 0.15) is 12.6 Å². The third-order valence-electron chi connectivity index (χ3n) is 3.25. The Bertz CT molecular complexity index is 536. The molecule has 6 heteroatoms. The molecule has 0 saturated heterocycles. The van der Waals surface area contributed by atoms with Crippen LogP contribution in [0.4, 0.5) is 5.95 Å². The molecular weight excluding hydrogens is 216 g/mol. The number of nitrogen functional groups attached to an aromatic ring is 1. The first-order valence-corrected chi connectivity index (χ1v) is 5.73. The van der Waals surface area contributed by atoms with Crippen molar-refractivity contribution < 1.29 is 0 Å². The Balaban J connectivity index is 2.49. The van der Waals surface area contributed by atoms with Gasteiger partial charge in [0.15, 0.2) is 5.65 Å². The SMILES string of the molecule is Cc1nn(C)c2c1nc(N)n2CC(C)N(C)C. The Labute approximate surface area is 101 Å². The summed E-state index contributed by atoms with van der Waals surface area (Å²) >= 11 is 0. The Morgan fingerprint density at radius 2 is 2.06 bits per heavy atom. The zero-order valence-corrected chi connectivity index (χ0v) is 11.1. The van der Waals surface area contributed by atoms with Gasteiger partial charge >= 0.3 is 0 Å². The van der Waals surface area contributed by atoms with Crippen molar-refractivity contribution in [1.82, 2.24) is 24.2 Å². The highest BCUT2D eigenvalue weighted by molar-refractivity contribution is 5.77. The van der Waals surface area contributed by atoms with Gasteiger partial charge in [0.1, 0.15) is 5.52 Å². The predicted octanol–water partition coefficient (Wildman–Crippen LogP) is 0.611. The molecule has 1 atom stereocenters. The Morgan fingerprint density at radius 1 is 1.41 bits per heavy atom. The molecule has 0 aliphatic carbocycles. The fourth-order valence-corrected chi connectivity index (χ4v) is 1.96. The fraction of sp³-hybridized carbons (Fsp3) is 0.636. The molecule has 0 aliphatic heterocycles. The van der Waals surface area contributed by atoms with E-state index in [0.717, 1.165) is 23.4 Å². The molecule has 0 fully saturated rings. The summed E-state index contributed by atoms with van der Waals surface area (Å²) in [7, 11) is 6.04. The lowest BCUT2D eigenvalue weighted by Gasteiger charge is -2.20. The van der Waals surface area contributed by atoms with Crippen molar-refractivity contribution in [3.63, 3.8) is 0 Å². The average molecular weight is 236 g/mol. The maximum Gasteiger partial charge on any atom is 0.202 e. The number of anilines is 1. The van der Waals surface area contributed by atoms with Gasteiger partial charge in [-0.05, 0) is 27.9 Å². The number of nitrogens with zero attached hydrogens (tertiary/aromatic N) is 5. The van der Waals surface area contributed by atoms with Gasteiger partial charge in [-0.2, -0.15) is 5.10 Å². The highest BCUT2D eigenvalue weighted by Gasteiger charge is 2.17. The van der Waals surface area contributed by atoms with Crippen molar-refractivity contribution in [3.05, 3.63) is 5.69 Å². The quantitative estimate of drug-likeness (QED) is 0.848. The Kier molecular flexibility index (Phi) is 2.82. The second-order valence-corrected chi connectivity index (χ2v) is 4.77. The molecule has 0 saturated carbocycles. The van der Waals surface area contributed by atoms with Gasteiger partial charge in [-0.3, -0.25) is 9.25 Å². The lowest BCUT2D eigenvalue weighted by atomic mass is 10.3. The zero-order chi connectivity index (χ0) is 12.7. The number of likely N-dealkylation sites (N-methyl/N-ethyl adjacent to an activating group) is 1. The molecule has 2 N–H and O–H groups in total. The number of rotatable bonds is 3. The summed E-state index contributed by atoms with van der Waals surface area (Å²) < 4.78 is 3.87. The average Bonchev–Trinajstić information content (AvgIpc) is 2.68. The van der Waals surface area contributed by atoms with E-state index in [1.165, 1.54) is 0 Å². The summed E-state index contributed by atoms with van der Waals surface area (Å²) in [5.74, 6) is 0.560. The second-order valence-electron chi connectivity index (χ2n) is 4.77. The molecule has 0 radical (unpaired) electrons. The fourth-order valence-electron chi connectivity index (χ4n) is 1.96. The molecule has 2 aromatic heterocycles. The lowest BCUT2D eigenvalue weighted by molar-refractivity contribution is 0.286. The molecule has 0 bridgehead atoms. The normalized spacial score (nSPS) is 13.8. The molecule has 0 amide bonds. The van der Waals surface area contributed by atoms with Gasteiger partial charge in [0.2, 0.25) is 5.95 Å². The van der Waals surface area contributed by atoms with Crippen LogP contribution in [0.15, 0.2) is 0 Å². The molecule has 17 heavy (non-hydrogen) atoms. The number of fused-ring (bicyclic) bond motifs is 1. The van der Waals surface area contributed by atoms with Gasteiger partial charge < -0.3 is 10.6 Å². The van der Waals surface area contributed by atoms with Crippen molar-refractivity contribution >= 4 is 17.1 Å². The van der Waals surface area contributed by atoms with E-state index < -0.39 is 0 Å². The molecule has 2 heterocycles. The van der Waals surface area contributed by atoms with Gasteiger partial charge in [-0.1, -0.05) is 0 Å². The molecule has 94 valence electrons. The van der Waals surface area contributed by atoms with E-state index >= 15 is 0 Å². The van der Waals surface area contributed by atoms with E-state index in [0.29, 0.717) is 12.0 Å². The van der Waals surface area contributed by atoms with E-state index in [1.807, 2.05) is 23.2 Å².